The van der Waals surface area contributed by atoms with E-state index in [1.165, 1.54) is 12.7 Å². The van der Waals surface area contributed by atoms with Gasteiger partial charge in [0.05, 0.1) is 13.7 Å². The molecule has 0 bridgehead atoms. The highest BCUT2D eigenvalue weighted by atomic mass is 16.5. The molecule has 0 radical (unpaired) electrons. The van der Waals surface area contributed by atoms with Crippen LogP contribution >= 0.6 is 0 Å². The molecule has 0 fully saturated rings. The van der Waals surface area contributed by atoms with E-state index in [1.807, 2.05) is 18.2 Å². The minimum Gasteiger partial charge on any atom is -0.465 e. The predicted molar refractivity (Wildman–Crippen MR) is 81.3 cm³/mol. The molecule has 0 aliphatic carbocycles. The maximum absolute atomic E-state index is 11.5. The fourth-order valence-electron chi connectivity index (χ4n) is 2.25. The molecule has 1 aromatic carbocycles. The Hall–Kier alpha value is -2.07. The first-order chi connectivity index (χ1) is 10.1. The van der Waals surface area contributed by atoms with Crippen molar-refractivity contribution in [3.63, 3.8) is 0 Å². The summed E-state index contributed by atoms with van der Waals surface area (Å²) >= 11 is 0. The van der Waals surface area contributed by atoms with Crippen LogP contribution in [0.15, 0.2) is 40.8 Å². The Morgan fingerprint density at radius 1 is 1.33 bits per heavy atom. The molecule has 1 atom stereocenters. The highest BCUT2D eigenvalue weighted by Gasteiger charge is 2.15. The van der Waals surface area contributed by atoms with Crippen molar-refractivity contribution in [1.29, 1.82) is 0 Å². The zero-order valence-electron chi connectivity index (χ0n) is 12.7. The zero-order chi connectivity index (χ0) is 15.2. The van der Waals surface area contributed by atoms with Crippen molar-refractivity contribution in [2.24, 2.45) is 0 Å². The van der Waals surface area contributed by atoms with Crippen molar-refractivity contribution in [2.45, 2.75) is 26.3 Å². The van der Waals surface area contributed by atoms with Crippen molar-refractivity contribution in [3.05, 3.63) is 59.0 Å². The zero-order valence-corrected chi connectivity index (χ0v) is 12.7. The molecule has 2 aromatic rings. The van der Waals surface area contributed by atoms with Crippen LogP contribution in [0.2, 0.25) is 0 Å². The second-order valence-corrected chi connectivity index (χ2v) is 5.12. The Kier molecular flexibility index (Phi) is 5.17. The number of aryl methyl sites for hydroxylation is 1. The van der Waals surface area contributed by atoms with Gasteiger partial charge >= 0.3 is 5.97 Å². The Morgan fingerprint density at radius 2 is 2.05 bits per heavy atom. The maximum Gasteiger partial charge on any atom is 0.341 e. The number of hydrogen-bond donors (Lipinski definition) is 1. The molecular formula is C17H21NO3. The summed E-state index contributed by atoms with van der Waals surface area (Å²) in [5, 5.41) is 3.35. The van der Waals surface area contributed by atoms with Crippen LogP contribution in [0.25, 0.3) is 0 Å². The molecule has 0 saturated heterocycles. The Labute approximate surface area is 125 Å². The van der Waals surface area contributed by atoms with E-state index in [-0.39, 0.29) is 5.97 Å². The summed E-state index contributed by atoms with van der Waals surface area (Å²) in [4.78, 5) is 11.5. The van der Waals surface area contributed by atoms with Gasteiger partial charge < -0.3 is 14.5 Å². The summed E-state index contributed by atoms with van der Waals surface area (Å²) in [5.74, 6) is 1.39. The molecule has 2 rings (SSSR count). The molecule has 0 aliphatic heterocycles. The van der Waals surface area contributed by atoms with E-state index in [1.54, 1.807) is 13.0 Å². The summed E-state index contributed by atoms with van der Waals surface area (Å²) in [6, 6.07) is 12.1. The molecule has 0 spiro atoms. The van der Waals surface area contributed by atoms with Crippen molar-refractivity contribution < 1.29 is 13.9 Å². The van der Waals surface area contributed by atoms with Crippen LogP contribution in [0.1, 0.15) is 40.3 Å². The molecular weight excluding hydrogens is 266 g/mol. The van der Waals surface area contributed by atoms with Gasteiger partial charge in [-0.05, 0) is 24.5 Å². The molecule has 1 unspecified atom stereocenters. The fourth-order valence-corrected chi connectivity index (χ4v) is 2.25. The Balaban J connectivity index is 1.88. The topological polar surface area (TPSA) is 51.5 Å². The highest BCUT2D eigenvalue weighted by molar-refractivity contribution is 5.90. The van der Waals surface area contributed by atoms with E-state index in [4.69, 9.17) is 9.15 Å². The van der Waals surface area contributed by atoms with E-state index in [0.29, 0.717) is 23.8 Å². The average Bonchev–Trinajstić information content (AvgIpc) is 2.88. The summed E-state index contributed by atoms with van der Waals surface area (Å²) in [5.41, 5.74) is 1.79. The molecule has 1 N–H and O–H groups in total. The molecule has 4 heteroatoms. The molecule has 21 heavy (non-hydrogen) atoms. The van der Waals surface area contributed by atoms with Gasteiger partial charge in [-0.15, -0.1) is 0 Å². The van der Waals surface area contributed by atoms with Crippen LogP contribution in [0.4, 0.5) is 0 Å². The number of nitrogens with one attached hydrogen (secondary N) is 1. The molecule has 112 valence electrons. The van der Waals surface area contributed by atoms with E-state index >= 15 is 0 Å². The highest BCUT2D eigenvalue weighted by Crippen LogP contribution is 2.16. The van der Waals surface area contributed by atoms with E-state index < -0.39 is 0 Å². The van der Waals surface area contributed by atoms with E-state index in [2.05, 4.69) is 24.4 Å². The van der Waals surface area contributed by atoms with Gasteiger partial charge in [0.25, 0.3) is 0 Å². The van der Waals surface area contributed by atoms with Crippen LogP contribution in [-0.4, -0.2) is 19.6 Å². The van der Waals surface area contributed by atoms with Gasteiger partial charge in [0.15, 0.2) is 0 Å². The third-order valence-corrected chi connectivity index (χ3v) is 3.49. The summed E-state index contributed by atoms with van der Waals surface area (Å²) in [6.45, 7) is 5.38. The molecule has 1 heterocycles. The number of ether oxygens (including phenoxy) is 1. The van der Waals surface area contributed by atoms with Crippen LogP contribution in [-0.2, 0) is 11.3 Å². The lowest BCUT2D eigenvalue weighted by atomic mass is 10.0. The number of esters is 1. The second kappa shape index (κ2) is 7.09. The first kappa shape index (κ1) is 15.3. The van der Waals surface area contributed by atoms with Gasteiger partial charge in [0, 0.05) is 6.54 Å². The minimum absolute atomic E-state index is 0.361. The van der Waals surface area contributed by atoms with Crippen LogP contribution in [0.5, 0.6) is 0 Å². The number of rotatable bonds is 6. The first-order valence-electron chi connectivity index (χ1n) is 7.05. The van der Waals surface area contributed by atoms with Gasteiger partial charge in [-0.2, -0.15) is 0 Å². The summed E-state index contributed by atoms with van der Waals surface area (Å²) < 4.78 is 10.3. The lowest BCUT2D eigenvalue weighted by molar-refractivity contribution is 0.0599. The number of benzene rings is 1. The van der Waals surface area contributed by atoms with E-state index in [0.717, 1.165) is 12.3 Å². The summed E-state index contributed by atoms with van der Waals surface area (Å²) in [6.07, 6.45) is 0. The van der Waals surface area contributed by atoms with Crippen molar-refractivity contribution in [1.82, 2.24) is 5.32 Å². The smallest absolute Gasteiger partial charge is 0.341 e. The fraction of sp³-hybridized carbons (Fsp3) is 0.353. The normalized spacial score (nSPS) is 12.1. The lowest BCUT2D eigenvalue weighted by Gasteiger charge is -2.12. The number of methoxy groups -OCH3 is 1. The van der Waals surface area contributed by atoms with Crippen LogP contribution in [0.3, 0.4) is 0 Å². The van der Waals surface area contributed by atoms with E-state index in [9.17, 15) is 4.79 Å². The van der Waals surface area contributed by atoms with Gasteiger partial charge in [0.1, 0.15) is 17.1 Å². The number of carbonyl (C=O) groups is 1. The van der Waals surface area contributed by atoms with Crippen molar-refractivity contribution in [3.8, 4) is 0 Å². The number of hydrogen-bond acceptors (Lipinski definition) is 4. The SMILES string of the molecule is COC(=O)c1cc(CNCC(C)c2ccccc2)oc1C. The summed E-state index contributed by atoms with van der Waals surface area (Å²) in [7, 11) is 1.37. The third-order valence-electron chi connectivity index (χ3n) is 3.49. The standard InChI is InChI=1S/C17H21NO3/c1-12(14-7-5-4-6-8-14)10-18-11-15-9-16(13(2)21-15)17(19)20-3/h4-9,12,18H,10-11H2,1-3H3. The predicted octanol–water partition coefficient (Wildman–Crippen LogP) is 3.27. The molecule has 0 aliphatic rings. The average molecular weight is 287 g/mol. The molecule has 1 aromatic heterocycles. The quantitative estimate of drug-likeness (QED) is 0.828. The lowest BCUT2D eigenvalue weighted by Crippen LogP contribution is -2.19. The third kappa shape index (κ3) is 3.95. The number of furan rings is 1. The molecule has 0 saturated carbocycles. The van der Waals surface area contributed by atoms with Gasteiger partial charge in [0.2, 0.25) is 0 Å². The van der Waals surface area contributed by atoms with Gasteiger partial charge in [-0.3, -0.25) is 0 Å². The largest absolute Gasteiger partial charge is 0.465 e. The Bertz CT molecular complexity index is 589. The van der Waals surface area contributed by atoms with Crippen LogP contribution in [0, 0.1) is 6.92 Å². The number of carbonyl (C=O) groups excluding carboxylic acids is 1. The maximum atomic E-state index is 11.5. The van der Waals surface area contributed by atoms with Crippen LogP contribution < -0.4 is 5.32 Å². The van der Waals surface area contributed by atoms with Crippen molar-refractivity contribution in [2.75, 3.05) is 13.7 Å². The first-order valence-corrected chi connectivity index (χ1v) is 7.05. The van der Waals surface area contributed by atoms with Crippen molar-refractivity contribution >= 4 is 5.97 Å². The second-order valence-electron chi connectivity index (χ2n) is 5.12. The Morgan fingerprint density at radius 3 is 2.71 bits per heavy atom. The van der Waals surface area contributed by atoms with Gasteiger partial charge in [-0.1, -0.05) is 37.3 Å². The monoisotopic (exact) mass is 287 g/mol. The molecule has 0 amide bonds. The minimum atomic E-state index is -0.361. The van der Waals surface area contributed by atoms with Gasteiger partial charge in [-0.25, -0.2) is 4.79 Å². The molecule has 4 nitrogen and oxygen atoms in total.